The number of hydrogen-bond acceptors (Lipinski definition) is 5. The number of carbonyl (C=O) groups is 1. The topological polar surface area (TPSA) is 78.8 Å². The molecule has 16 heavy (non-hydrogen) atoms. The molecular weight excluding hydrogens is 210 g/mol. The van der Waals surface area contributed by atoms with E-state index in [1.807, 2.05) is 0 Å². The number of nitrogens with one attached hydrogen (secondary N) is 1. The van der Waals surface area contributed by atoms with Gasteiger partial charge >= 0.3 is 0 Å². The van der Waals surface area contributed by atoms with Crippen molar-refractivity contribution in [2.75, 3.05) is 20.7 Å². The van der Waals surface area contributed by atoms with Crippen LogP contribution in [0.15, 0.2) is 12.1 Å². The van der Waals surface area contributed by atoms with Gasteiger partial charge in [-0.25, -0.2) is 0 Å². The number of aldehydes is 1. The lowest BCUT2D eigenvalue weighted by Crippen LogP contribution is -2.17. The first-order chi connectivity index (χ1) is 7.63. The molecule has 1 atom stereocenters. The molecule has 1 aromatic rings. The molecule has 0 radical (unpaired) electrons. The zero-order chi connectivity index (χ0) is 12.1. The fourth-order valence-electron chi connectivity index (χ4n) is 1.46. The molecule has 1 unspecified atom stereocenters. The molecule has 0 aromatic heterocycles. The third-order valence-corrected chi connectivity index (χ3v) is 2.27. The fourth-order valence-corrected chi connectivity index (χ4v) is 1.46. The second kappa shape index (κ2) is 5.48. The lowest BCUT2D eigenvalue weighted by atomic mass is 10.0. The van der Waals surface area contributed by atoms with Crippen molar-refractivity contribution >= 4 is 6.29 Å². The third kappa shape index (κ3) is 2.50. The Labute approximate surface area is 93.7 Å². The lowest BCUT2D eigenvalue weighted by Gasteiger charge is -2.14. The van der Waals surface area contributed by atoms with Crippen LogP contribution in [0.2, 0.25) is 0 Å². The standard InChI is InChI=1S/C11H15NO4/c1-12-5-10(15)8-4-9(14)11(16-2)3-7(8)6-13/h3-4,6,10,12,14-15H,5H2,1-2H3. The average molecular weight is 225 g/mol. The maximum absolute atomic E-state index is 10.8. The maximum Gasteiger partial charge on any atom is 0.161 e. The summed E-state index contributed by atoms with van der Waals surface area (Å²) < 4.78 is 4.88. The summed E-state index contributed by atoms with van der Waals surface area (Å²) in [4.78, 5) is 10.8. The van der Waals surface area contributed by atoms with Crippen LogP contribution < -0.4 is 10.1 Å². The summed E-state index contributed by atoms with van der Waals surface area (Å²) >= 11 is 0. The molecule has 1 aromatic carbocycles. The van der Waals surface area contributed by atoms with Crippen LogP contribution in [0.25, 0.3) is 0 Å². The molecule has 0 amide bonds. The average Bonchev–Trinajstić information content (AvgIpc) is 2.29. The molecule has 0 heterocycles. The van der Waals surface area contributed by atoms with Gasteiger partial charge in [0.25, 0.3) is 0 Å². The van der Waals surface area contributed by atoms with Gasteiger partial charge in [-0.1, -0.05) is 0 Å². The van der Waals surface area contributed by atoms with Gasteiger partial charge in [0.2, 0.25) is 0 Å². The number of ether oxygens (including phenoxy) is 1. The highest BCUT2D eigenvalue weighted by Crippen LogP contribution is 2.31. The van der Waals surface area contributed by atoms with Gasteiger partial charge in [0.1, 0.15) is 0 Å². The summed E-state index contributed by atoms with van der Waals surface area (Å²) in [6.07, 6.45) is -0.224. The number of hydrogen-bond donors (Lipinski definition) is 3. The highest BCUT2D eigenvalue weighted by atomic mass is 16.5. The van der Waals surface area contributed by atoms with Gasteiger partial charge < -0.3 is 20.3 Å². The van der Waals surface area contributed by atoms with Crippen LogP contribution in [0.4, 0.5) is 0 Å². The molecule has 88 valence electrons. The lowest BCUT2D eigenvalue weighted by molar-refractivity contribution is 0.111. The number of likely N-dealkylation sites (N-methyl/N-ethyl adjacent to an activating group) is 1. The van der Waals surface area contributed by atoms with Gasteiger partial charge in [-0.2, -0.15) is 0 Å². The molecule has 5 nitrogen and oxygen atoms in total. The minimum absolute atomic E-state index is 0.0988. The van der Waals surface area contributed by atoms with E-state index in [0.29, 0.717) is 24.0 Å². The van der Waals surface area contributed by atoms with E-state index in [-0.39, 0.29) is 11.5 Å². The van der Waals surface area contributed by atoms with E-state index < -0.39 is 6.10 Å². The molecule has 0 saturated heterocycles. The van der Waals surface area contributed by atoms with E-state index >= 15 is 0 Å². The van der Waals surface area contributed by atoms with Gasteiger partial charge in [0, 0.05) is 12.1 Å². The van der Waals surface area contributed by atoms with Gasteiger partial charge in [-0.05, 0) is 24.7 Å². The summed E-state index contributed by atoms with van der Waals surface area (Å²) in [7, 11) is 3.08. The predicted octanol–water partition coefficient (Wildman–Crippen LogP) is 0.466. The molecular formula is C11H15NO4. The molecule has 0 aliphatic heterocycles. The first-order valence-corrected chi connectivity index (χ1v) is 4.82. The van der Waals surface area contributed by atoms with Crippen LogP contribution in [0.5, 0.6) is 11.5 Å². The molecule has 0 fully saturated rings. The molecule has 5 heteroatoms. The van der Waals surface area contributed by atoms with E-state index in [1.54, 1.807) is 7.05 Å². The molecule has 0 saturated carbocycles. The molecule has 0 bridgehead atoms. The van der Waals surface area contributed by atoms with Crippen LogP contribution in [0.3, 0.4) is 0 Å². The van der Waals surface area contributed by atoms with Crippen LogP contribution >= 0.6 is 0 Å². The Hall–Kier alpha value is -1.59. The van der Waals surface area contributed by atoms with Crippen LogP contribution in [0.1, 0.15) is 22.0 Å². The highest BCUT2D eigenvalue weighted by Gasteiger charge is 2.15. The van der Waals surface area contributed by atoms with E-state index in [9.17, 15) is 15.0 Å². The van der Waals surface area contributed by atoms with Crippen LogP contribution in [-0.4, -0.2) is 37.2 Å². The van der Waals surface area contributed by atoms with Crippen molar-refractivity contribution in [3.8, 4) is 11.5 Å². The number of phenolic OH excluding ortho intramolecular Hbond substituents is 1. The van der Waals surface area contributed by atoms with Crippen molar-refractivity contribution in [1.82, 2.24) is 5.32 Å². The summed E-state index contributed by atoms with van der Waals surface area (Å²) in [5, 5.41) is 22.1. The van der Waals surface area contributed by atoms with E-state index in [4.69, 9.17) is 4.74 Å². The maximum atomic E-state index is 10.8. The number of rotatable bonds is 5. The van der Waals surface area contributed by atoms with E-state index in [2.05, 4.69) is 5.32 Å². The van der Waals surface area contributed by atoms with Gasteiger partial charge in [-0.15, -0.1) is 0 Å². The minimum Gasteiger partial charge on any atom is -0.504 e. The largest absolute Gasteiger partial charge is 0.504 e. The highest BCUT2D eigenvalue weighted by molar-refractivity contribution is 5.79. The van der Waals surface area contributed by atoms with Crippen molar-refractivity contribution in [1.29, 1.82) is 0 Å². The number of aliphatic hydroxyl groups is 1. The number of aliphatic hydroxyl groups excluding tert-OH is 1. The van der Waals surface area contributed by atoms with Crippen molar-refractivity contribution in [3.05, 3.63) is 23.3 Å². The van der Waals surface area contributed by atoms with E-state index in [1.165, 1.54) is 19.2 Å². The van der Waals surface area contributed by atoms with Crippen molar-refractivity contribution < 1.29 is 19.7 Å². The Kier molecular flexibility index (Phi) is 4.28. The summed E-state index contributed by atoms with van der Waals surface area (Å²) in [5.74, 6) is 0.112. The molecule has 0 aliphatic carbocycles. The zero-order valence-corrected chi connectivity index (χ0v) is 9.23. The second-order valence-electron chi connectivity index (χ2n) is 3.34. The van der Waals surface area contributed by atoms with Crippen molar-refractivity contribution in [2.45, 2.75) is 6.10 Å². The SMILES string of the molecule is CNCC(O)c1cc(O)c(OC)cc1C=O. The normalized spacial score (nSPS) is 12.2. The first-order valence-electron chi connectivity index (χ1n) is 4.82. The summed E-state index contributed by atoms with van der Waals surface area (Å²) in [5.41, 5.74) is 0.681. The Morgan fingerprint density at radius 2 is 2.25 bits per heavy atom. The number of aromatic hydroxyl groups is 1. The zero-order valence-electron chi connectivity index (χ0n) is 9.23. The number of phenols is 1. The molecule has 0 aliphatic rings. The molecule has 0 spiro atoms. The van der Waals surface area contributed by atoms with Gasteiger partial charge in [0.15, 0.2) is 17.8 Å². The summed E-state index contributed by atoms with van der Waals surface area (Å²) in [6.45, 7) is 0.298. The molecule has 3 N–H and O–H groups in total. The van der Waals surface area contributed by atoms with Gasteiger partial charge in [-0.3, -0.25) is 4.79 Å². The Balaban J connectivity index is 3.17. The smallest absolute Gasteiger partial charge is 0.161 e. The Morgan fingerprint density at radius 3 is 2.75 bits per heavy atom. The number of benzene rings is 1. The quantitative estimate of drug-likeness (QED) is 0.635. The monoisotopic (exact) mass is 225 g/mol. The minimum atomic E-state index is -0.845. The third-order valence-electron chi connectivity index (χ3n) is 2.27. The number of carbonyl (C=O) groups excluding carboxylic acids is 1. The van der Waals surface area contributed by atoms with Crippen molar-refractivity contribution in [2.24, 2.45) is 0 Å². The fraction of sp³-hybridized carbons (Fsp3) is 0.364. The predicted molar refractivity (Wildman–Crippen MR) is 58.9 cm³/mol. The first kappa shape index (κ1) is 12.5. The molecule has 1 rings (SSSR count). The summed E-state index contributed by atoms with van der Waals surface area (Å²) in [6, 6.07) is 2.74. The van der Waals surface area contributed by atoms with Crippen LogP contribution in [0, 0.1) is 0 Å². The Bertz CT molecular complexity index is 378. The second-order valence-corrected chi connectivity index (χ2v) is 3.34. The van der Waals surface area contributed by atoms with Crippen molar-refractivity contribution in [3.63, 3.8) is 0 Å². The Morgan fingerprint density at radius 1 is 1.56 bits per heavy atom. The van der Waals surface area contributed by atoms with Crippen LogP contribution in [-0.2, 0) is 0 Å². The van der Waals surface area contributed by atoms with E-state index in [0.717, 1.165) is 0 Å². The van der Waals surface area contributed by atoms with Gasteiger partial charge in [0.05, 0.1) is 13.2 Å². The number of methoxy groups -OCH3 is 1.